The minimum absolute atomic E-state index is 0.0120. The topological polar surface area (TPSA) is 101 Å². The summed E-state index contributed by atoms with van der Waals surface area (Å²) in [5, 5.41) is 12.1. The van der Waals surface area contributed by atoms with E-state index in [1.54, 1.807) is 24.4 Å². The minimum Gasteiger partial charge on any atom is -0.507 e. The molecule has 1 aromatic heterocycles. The summed E-state index contributed by atoms with van der Waals surface area (Å²) in [5.74, 6) is -0.618. The fourth-order valence-corrected chi connectivity index (χ4v) is 4.34. The number of ether oxygens (including phenoxy) is 3. The smallest absolute Gasteiger partial charge is 0.295 e. The van der Waals surface area contributed by atoms with Gasteiger partial charge in [-0.3, -0.25) is 9.59 Å². The third-order valence-electron chi connectivity index (χ3n) is 5.89. The second-order valence-corrected chi connectivity index (χ2v) is 8.27. The fourth-order valence-electron chi connectivity index (χ4n) is 4.34. The first-order chi connectivity index (χ1) is 16.0. The van der Waals surface area contributed by atoms with Gasteiger partial charge in [-0.25, -0.2) is 0 Å². The average Bonchev–Trinajstić information content (AvgIpc) is 3.50. The summed E-state index contributed by atoms with van der Waals surface area (Å²) in [6.45, 7) is 4.39. The molecule has 33 heavy (non-hydrogen) atoms. The highest BCUT2D eigenvalue weighted by Gasteiger charge is 2.46. The van der Waals surface area contributed by atoms with Crippen molar-refractivity contribution in [2.75, 3.05) is 19.9 Å². The van der Waals surface area contributed by atoms with Crippen molar-refractivity contribution in [2.24, 2.45) is 0 Å². The molecule has 8 nitrogen and oxygen atoms in total. The Hall–Kier alpha value is -3.78. The van der Waals surface area contributed by atoms with Gasteiger partial charge in [0.25, 0.3) is 11.7 Å². The molecule has 5 rings (SSSR count). The van der Waals surface area contributed by atoms with Crippen LogP contribution in [0.2, 0.25) is 0 Å². The number of carbonyl (C=O) groups excluding carboxylic acids is 2. The molecular formula is C25H24N2O6. The third-order valence-corrected chi connectivity index (χ3v) is 5.89. The van der Waals surface area contributed by atoms with Crippen LogP contribution in [0.5, 0.6) is 11.5 Å². The van der Waals surface area contributed by atoms with E-state index in [2.05, 4.69) is 4.98 Å². The standard InChI is InChI=1S/C25H24N2O6/c1-14(2)31-10-9-27-22(17-12-26-18-6-4-3-5-16(17)18)21(24(29)25(27)30)23(28)15-7-8-19-20(11-15)33-13-32-19/h3-8,11-12,14,22,26,28H,9-10,13H2,1-2H3/b23-21+. The number of aromatic nitrogens is 1. The van der Waals surface area contributed by atoms with Gasteiger partial charge in [0, 0.05) is 34.8 Å². The highest BCUT2D eigenvalue weighted by Crippen LogP contribution is 2.43. The van der Waals surface area contributed by atoms with E-state index in [-0.39, 0.29) is 37.4 Å². The molecule has 1 fully saturated rings. The Balaban J connectivity index is 1.63. The van der Waals surface area contributed by atoms with Crippen LogP contribution in [0.25, 0.3) is 16.7 Å². The number of aliphatic hydroxyl groups excluding tert-OH is 1. The molecule has 1 unspecified atom stereocenters. The lowest BCUT2D eigenvalue weighted by atomic mass is 9.95. The predicted molar refractivity (Wildman–Crippen MR) is 121 cm³/mol. The van der Waals surface area contributed by atoms with Gasteiger partial charge in [0.15, 0.2) is 11.5 Å². The van der Waals surface area contributed by atoms with E-state index in [9.17, 15) is 14.7 Å². The normalized spacial score (nSPS) is 19.2. The summed E-state index contributed by atoms with van der Waals surface area (Å²) in [6.07, 6.45) is 1.77. The van der Waals surface area contributed by atoms with Gasteiger partial charge >= 0.3 is 0 Å². The van der Waals surface area contributed by atoms with Crippen molar-refractivity contribution < 1.29 is 28.9 Å². The van der Waals surface area contributed by atoms with Crippen LogP contribution in [0.15, 0.2) is 54.2 Å². The molecule has 2 aliphatic rings. The molecule has 0 aliphatic carbocycles. The fraction of sp³-hybridized carbons (Fsp3) is 0.280. The Morgan fingerprint density at radius 3 is 2.79 bits per heavy atom. The zero-order valence-corrected chi connectivity index (χ0v) is 18.3. The average molecular weight is 448 g/mol. The van der Waals surface area contributed by atoms with Gasteiger partial charge in [-0.2, -0.15) is 0 Å². The maximum atomic E-state index is 13.2. The molecule has 2 N–H and O–H groups in total. The molecule has 1 saturated heterocycles. The number of aromatic amines is 1. The molecule has 2 aromatic carbocycles. The monoisotopic (exact) mass is 448 g/mol. The zero-order chi connectivity index (χ0) is 23.1. The van der Waals surface area contributed by atoms with E-state index in [4.69, 9.17) is 14.2 Å². The van der Waals surface area contributed by atoms with Gasteiger partial charge in [-0.1, -0.05) is 18.2 Å². The zero-order valence-electron chi connectivity index (χ0n) is 18.3. The van der Waals surface area contributed by atoms with Gasteiger partial charge in [-0.15, -0.1) is 0 Å². The molecule has 3 aromatic rings. The second-order valence-electron chi connectivity index (χ2n) is 8.27. The molecule has 0 saturated carbocycles. The summed E-state index contributed by atoms with van der Waals surface area (Å²) < 4.78 is 16.4. The summed E-state index contributed by atoms with van der Waals surface area (Å²) in [4.78, 5) is 30.9. The summed E-state index contributed by atoms with van der Waals surface area (Å²) in [5.41, 5.74) is 2.02. The van der Waals surface area contributed by atoms with E-state index < -0.39 is 17.7 Å². The lowest BCUT2D eigenvalue weighted by molar-refractivity contribution is -0.140. The number of H-pyrrole nitrogens is 1. The van der Waals surface area contributed by atoms with Crippen LogP contribution in [0.1, 0.15) is 31.0 Å². The van der Waals surface area contributed by atoms with Crippen LogP contribution in [0, 0.1) is 0 Å². The maximum Gasteiger partial charge on any atom is 0.295 e. The van der Waals surface area contributed by atoms with E-state index in [0.29, 0.717) is 17.1 Å². The van der Waals surface area contributed by atoms with Crippen LogP contribution < -0.4 is 9.47 Å². The number of rotatable bonds is 6. The minimum atomic E-state index is -0.762. The molecule has 1 atom stereocenters. The summed E-state index contributed by atoms with van der Waals surface area (Å²) in [7, 11) is 0. The molecule has 0 bridgehead atoms. The van der Waals surface area contributed by atoms with E-state index >= 15 is 0 Å². The molecule has 2 aliphatic heterocycles. The van der Waals surface area contributed by atoms with Crippen molar-refractivity contribution in [3.8, 4) is 11.5 Å². The van der Waals surface area contributed by atoms with Crippen molar-refractivity contribution >= 4 is 28.4 Å². The number of amides is 1. The van der Waals surface area contributed by atoms with Crippen LogP contribution in [0.3, 0.4) is 0 Å². The first kappa shape index (κ1) is 21.1. The van der Waals surface area contributed by atoms with E-state index in [1.165, 1.54) is 4.90 Å². The number of carbonyl (C=O) groups is 2. The maximum absolute atomic E-state index is 13.2. The Morgan fingerprint density at radius 1 is 1.18 bits per heavy atom. The van der Waals surface area contributed by atoms with Crippen LogP contribution in [-0.4, -0.2) is 52.7 Å². The highest BCUT2D eigenvalue weighted by molar-refractivity contribution is 6.46. The first-order valence-electron chi connectivity index (χ1n) is 10.8. The number of aliphatic hydroxyl groups is 1. The van der Waals surface area contributed by atoms with Gasteiger partial charge in [-0.05, 0) is 38.1 Å². The third kappa shape index (κ3) is 3.62. The largest absolute Gasteiger partial charge is 0.507 e. The quantitative estimate of drug-likeness (QED) is 0.338. The predicted octanol–water partition coefficient (Wildman–Crippen LogP) is 3.74. The van der Waals surface area contributed by atoms with Crippen LogP contribution in [-0.2, 0) is 14.3 Å². The lowest BCUT2D eigenvalue weighted by Gasteiger charge is -2.25. The van der Waals surface area contributed by atoms with Crippen molar-refractivity contribution in [3.63, 3.8) is 0 Å². The number of likely N-dealkylation sites (tertiary alicyclic amines) is 1. The number of ketones is 1. The number of para-hydroxylation sites is 1. The van der Waals surface area contributed by atoms with Gasteiger partial charge in [0.2, 0.25) is 6.79 Å². The first-order valence-corrected chi connectivity index (χ1v) is 10.8. The number of Topliss-reactive ketones (excluding diaryl/α,β-unsaturated/α-hetero) is 1. The molecule has 0 radical (unpaired) electrons. The van der Waals surface area contributed by atoms with Crippen LogP contribution in [0.4, 0.5) is 0 Å². The van der Waals surface area contributed by atoms with Gasteiger partial charge in [0.05, 0.1) is 24.3 Å². The summed E-state index contributed by atoms with van der Waals surface area (Å²) >= 11 is 0. The number of nitrogens with zero attached hydrogens (tertiary/aromatic N) is 1. The molecule has 1 amide bonds. The number of benzene rings is 2. The molecule has 3 heterocycles. The van der Waals surface area contributed by atoms with Crippen molar-refractivity contribution in [1.82, 2.24) is 9.88 Å². The Bertz CT molecular complexity index is 1270. The molecular weight excluding hydrogens is 424 g/mol. The number of hydrogen-bond acceptors (Lipinski definition) is 6. The highest BCUT2D eigenvalue weighted by atomic mass is 16.7. The second kappa shape index (κ2) is 8.29. The Morgan fingerprint density at radius 2 is 1.97 bits per heavy atom. The number of fused-ring (bicyclic) bond motifs is 2. The summed E-state index contributed by atoms with van der Waals surface area (Å²) in [6, 6.07) is 11.8. The van der Waals surface area contributed by atoms with Gasteiger partial charge < -0.3 is 29.2 Å². The van der Waals surface area contributed by atoms with Crippen LogP contribution >= 0.6 is 0 Å². The Kier molecular flexibility index (Phi) is 5.30. The van der Waals surface area contributed by atoms with Crippen molar-refractivity contribution in [2.45, 2.75) is 26.0 Å². The van der Waals surface area contributed by atoms with Crippen molar-refractivity contribution in [3.05, 3.63) is 65.4 Å². The van der Waals surface area contributed by atoms with E-state index in [1.807, 2.05) is 38.1 Å². The number of nitrogens with one attached hydrogen (secondary N) is 1. The van der Waals surface area contributed by atoms with Gasteiger partial charge in [0.1, 0.15) is 5.76 Å². The van der Waals surface area contributed by atoms with Crippen molar-refractivity contribution in [1.29, 1.82) is 0 Å². The molecule has 8 heteroatoms. The molecule has 0 spiro atoms. The SMILES string of the molecule is CC(C)OCCN1C(=O)C(=O)/C(=C(/O)c2ccc3c(c2)OCO3)C1c1c[nH]c2ccccc12. The lowest BCUT2D eigenvalue weighted by Crippen LogP contribution is -2.33. The Labute approximate surface area is 190 Å². The van der Waals surface area contributed by atoms with E-state index in [0.717, 1.165) is 16.5 Å². The number of hydrogen-bond donors (Lipinski definition) is 2. The molecule has 170 valence electrons.